The lowest BCUT2D eigenvalue weighted by Gasteiger charge is -2.09. The number of nitrogens with zero attached hydrogens (tertiary/aromatic N) is 1. The van der Waals surface area contributed by atoms with E-state index in [9.17, 15) is 4.79 Å². The Morgan fingerprint density at radius 3 is 2.77 bits per heavy atom. The second kappa shape index (κ2) is 6.24. The largest absolute Gasteiger partial charge is 0.409 e. The standard InChI is InChI=1S/C7H16N4O2/c1-5(7(8)11-13)3-10-4-6(12)9-2/h5,10,13H,3-4H2,1-2H3,(H2,8,11)(H,9,12). The maximum atomic E-state index is 10.7. The monoisotopic (exact) mass is 188 g/mol. The average molecular weight is 188 g/mol. The first-order valence-electron chi connectivity index (χ1n) is 4.00. The highest BCUT2D eigenvalue weighted by Crippen LogP contribution is 1.90. The van der Waals surface area contributed by atoms with Crippen LogP contribution < -0.4 is 16.4 Å². The van der Waals surface area contributed by atoms with Gasteiger partial charge < -0.3 is 21.6 Å². The molecule has 0 aliphatic heterocycles. The number of rotatable bonds is 5. The Hall–Kier alpha value is -1.30. The van der Waals surface area contributed by atoms with Crippen LogP contribution in [0.4, 0.5) is 0 Å². The SMILES string of the molecule is CNC(=O)CNCC(C)C(N)=NO. The summed E-state index contributed by atoms with van der Waals surface area (Å²) in [6.07, 6.45) is 0. The van der Waals surface area contributed by atoms with Gasteiger partial charge in [0.15, 0.2) is 0 Å². The van der Waals surface area contributed by atoms with Crippen molar-refractivity contribution in [3.8, 4) is 0 Å². The molecule has 1 atom stereocenters. The van der Waals surface area contributed by atoms with Crippen molar-refractivity contribution >= 4 is 11.7 Å². The summed E-state index contributed by atoms with van der Waals surface area (Å²) in [5.41, 5.74) is 5.33. The molecule has 6 heteroatoms. The van der Waals surface area contributed by atoms with E-state index >= 15 is 0 Å². The molecule has 0 saturated carbocycles. The molecule has 0 aromatic heterocycles. The molecule has 13 heavy (non-hydrogen) atoms. The van der Waals surface area contributed by atoms with Gasteiger partial charge in [-0.15, -0.1) is 0 Å². The Morgan fingerprint density at radius 1 is 1.69 bits per heavy atom. The van der Waals surface area contributed by atoms with Crippen LogP contribution in [0.5, 0.6) is 0 Å². The van der Waals surface area contributed by atoms with Gasteiger partial charge in [-0.25, -0.2) is 0 Å². The molecule has 0 radical (unpaired) electrons. The average Bonchev–Trinajstić information content (AvgIpc) is 2.15. The van der Waals surface area contributed by atoms with Crippen LogP contribution in [0, 0.1) is 5.92 Å². The van der Waals surface area contributed by atoms with Crippen molar-refractivity contribution in [3.63, 3.8) is 0 Å². The van der Waals surface area contributed by atoms with E-state index in [4.69, 9.17) is 10.9 Å². The van der Waals surface area contributed by atoms with Crippen LogP contribution in [0.3, 0.4) is 0 Å². The van der Waals surface area contributed by atoms with E-state index in [2.05, 4.69) is 15.8 Å². The summed E-state index contributed by atoms with van der Waals surface area (Å²) in [6, 6.07) is 0. The molecule has 0 bridgehead atoms. The zero-order valence-electron chi connectivity index (χ0n) is 7.87. The Bertz CT molecular complexity index is 193. The minimum Gasteiger partial charge on any atom is -0.409 e. The molecule has 0 spiro atoms. The second-order valence-electron chi connectivity index (χ2n) is 2.73. The number of amidine groups is 1. The number of nitrogens with two attached hydrogens (primary N) is 1. The van der Waals surface area contributed by atoms with Gasteiger partial charge in [0.2, 0.25) is 5.91 Å². The fourth-order valence-electron chi connectivity index (χ4n) is 0.694. The number of nitrogens with one attached hydrogen (secondary N) is 2. The lowest BCUT2D eigenvalue weighted by molar-refractivity contribution is -0.119. The summed E-state index contributed by atoms with van der Waals surface area (Å²) in [5.74, 6) is -0.0224. The van der Waals surface area contributed by atoms with Gasteiger partial charge in [0, 0.05) is 19.5 Å². The first-order chi connectivity index (χ1) is 6.11. The molecule has 0 fully saturated rings. The fourth-order valence-corrected chi connectivity index (χ4v) is 0.694. The van der Waals surface area contributed by atoms with Crippen LogP contribution in [0.15, 0.2) is 5.16 Å². The quantitative estimate of drug-likeness (QED) is 0.186. The molecular formula is C7H16N4O2. The summed E-state index contributed by atoms with van der Waals surface area (Å²) in [4.78, 5) is 10.7. The smallest absolute Gasteiger partial charge is 0.233 e. The predicted octanol–water partition coefficient (Wildman–Crippen LogP) is -1.30. The van der Waals surface area contributed by atoms with Crippen molar-refractivity contribution in [1.82, 2.24) is 10.6 Å². The van der Waals surface area contributed by atoms with Gasteiger partial charge >= 0.3 is 0 Å². The van der Waals surface area contributed by atoms with Crippen LogP contribution in [0.2, 0.25) is 0 Å². The number of carbonyl (C=O) groups excluding carboxylic acids is 1. The minimum atomic E-state index is -0.0910. The lowest BCUT2D eigenvalue weighted by Crippen LogP contribution is -2.37. The number of likely N-dealkylation sites (N-methyl/N-ethyl adjacent to an activating group) is 1. The first kappa shape index (κ1) is 11.7. The van der Waals surface area contributed by atoms with Crippen LogP contribution in [0.1, 0.15) is 6.92 Å². The Morgan fingerprint density at radius 2 is 2.31 bits per heavy atom. The summed E-state index contributed by atoms with van der Waals surface area (Å²) in [5, 5.41) is 16.5. The third-order valence-electron chi connectivity index (χ3n) is 1.64. The highest BCUT2D eigenvalue weighted by atomic mass is 16.4. The third-order valence-corrected chi connectivity index (χ3v) is 1.64. The Kier molecular flexibility index (Phi) is 5.62. The van der Waals surface area contributed by atoms with E-state index in [-0.39, 0.29) is 24.2 Å². The number of carbonyl (C=O) groups is 1. The third kappa shape index (κ3) is 5.02. The zero-order valence-corrected chi connectivity index (χ0v) is 7.87. The second-order valence-corrected chi connectivity index (χ2v) is 2.73. The summed E-state index contributed by atoms with van der Waals surface area (Å²) in [6.45, 7) is 2.54. The van der Waals surface area contributed by atoms with Crippen molar-refractivity contribution in [2.45, 2.75) is 6.92 Å². The van der Waals surface area contributed by atoms with Crippen LogP contribution >= 0.6 is 0 Å². The summed E-state index contributed by atoms with van der Waals surface area (Å²) >= 11 is 0. The first-order valence-corrected chi connectivity index (χ1v) is 4.00. The molecule has 0 aliphatic carbocycles. The van der Waals surface area contributed by atoms with Gasteiger partial charge in [0.25, 0.3) is 0 Å². The maximum Gasteiger partial charge on any atom is 0.233 e. The predicted molar refractivity (Wildman–Crippen MR) is 49.5 cm³/mol. The van der Waals surface area contributed by atoms with Crippen molar-refractivity contribution in [1.29, 1.82) is 0 Å². The van der Waals surface area contributed by atoms with Crippen molar-refractivity contribution in [2.24, 2.45) is 16.8 Å². The number of amides is 1. The molecule has 0 heterocycles. The van der Waals surface area contributed by atoms with E-state index in [0.717, 1.165) is 0 Å². The molecule has 5 N–H and O–H groups in total. The molecule has 0 aromatic carbocycles. The van der Waals surface area contributed by atoms with Crippen LogP contribution in [-0.2, 0) is 4.79 Å². The normalized spacial score (nSPS) is 13.8. The van der Waals surface area contributed by atoms with E-state index < -0.39 is 0 Å². The topological polar surface area (TPSA) is 99.7 Å². The highest BCUT2D eigenvalue weighted by Gasteiger charge is 2.07. The van der Waals surface area contributed by atoms with Crippen LogP contribution in [0.25, 0.3) is 0 Å². The molecule has 0 aliphatic rings. The fraction of sp³-hybridized carbons (Fsp3) is 0.714. The maximum absolute atomic E-state index is 10.7. The molecule has 0 rings (SSSR count). The number of hydrogen-bond acceptors (Lipinski definition) is 4. The lowest BCUT2D eigenvalue weighted by atomic mass is 10.1. The Balaban J connectivity index is 3.59. The van der Waals surface area contributed by atoms with Gasteiger partial charge in [-0.3, -0.25) is 4.79 Å². The number of oxime groups is 1. The molecule has 6 nitrogen and oxygen atoms in total. The molecule has 0 saturated heterocycles. The number of hydrogen-bond donors (Lipinski definition) is 4. The van der Waals surface area contributed by atoms with Crippen molar-refractivity contribution < 1.29 is 10.0 Å². The molecule has 1 amide bonds. The summed E-state index contributed by atoms with van der Waals surface area (Å²) in [7, 11) is 1.57. The molecule has 76 valence electrons. The van der Waals surface area contributed by atoms with E-state index in [1.807, 2.05) is 0 Å². The van der Waals surface area contributed by atoms with E-state index in [1.165, 1.54) is 0 Å². The van der Waals surface area contributed by atoms with Gasteiger partial charge in [0.05, 0.1) is 6.54 Å². The van der Waals surface area contributed by atoms with Crippen molar-refractivity contribution in [3.05, 3.63) is 0 Å². The van der Waals surface area contributed by atoms with Gasteiger partial charge in [0.1, 0.15) is 5.84 Å². The van der Waals surface area contributed by atoms with Gasteiger partial charge in [-0.05, 0) is 0 Å². The Labute approximate surface area is 77.2 Å². The van der Waals surface area contributed by atoms with Crippen molar-refractivity contribution in [2.75, 3.05) is 20.1 Å². The van der Waals surface area contributed by atoms with Gasteiger partial charge in [-0.2, -0.15) is 0 Å². The molecule has 0 aromatic rings. The van der Waals surface area contributed by atoms with Crippen LogP contribution in [-0.4, -0.2) is 37.1 Å². The zero-order chi connectivity index (χ0) is 10.3. The van der Waals surface area contributed by atoms with E-state index in [0.29, 0.717) is 6.54 Å². The van der Waals surface area contributed by atoms with E-state index in [1.54, 1.807) is 14.0 Å². The highest BCUT2D eigenvalue weighted by molar-refractivity contribution is 5.82. The van der Waals surface area contributed by atoms with Gasteiger partial charge in [-0.1, -0.05) is 12.1 Å². The molecular weight excluding hydrogens is 172 g/mol. The molecule has 1 unspecified atom stereocenters. The minimum absolute atomic E-state index is 0.0883. The summed E-state index contributed by atoms with van der Waals surface area (Å²) < 4.78 is 0.